The van der Waals surface area contributed by atoms with E-state index in [0.717, 1.165) is 20.9 Å². The van der Waals surface area contributed by atoms with Gasteiger partial charge in [-0.15, -0.1) is 0 Å². The van der Waals surface area contributed by atoms with Gasteiger partial charge in [-0.1, -0.05) is 47.8 Å². The molecule has 2 aromatic carbocycles. The van der Waals surface area contributed by atoms with Gasteiger partial charge >= 0.3 is 0 Å². The molecule has 0 aliphatic carbocycles. The Morgan fingerprint density at radius 2 is 1.23 bits per heavy atom. The van der Waals surface area contributed by atoms with E-state index in [-0.39, 0.29) is 11.6 Å². The van der Waals surface area contributed by atoms with Gasteiger partial charge in [0.25, 0.3) is 0 Å². The first-order valence-corrected chi connectivity index (χ1v) is 9.96. The van der Waals surface area contributed by atoms with Crippen LogP contribution in [0.1, 0.15) is 11.1 Å². The molecule has 0 saturated carbocycles. The van der Waals surface area contributed by atoms with E-state index in [1.165, 1.54) is 47.8 Å². The van der Waals surface area contributed by atoms with Crippen LogP contribution in [-0.4, -0.2) is 14.7 Å². The molecule has 0 N–H and O–H groups in total. The lowest BCUT2D eigenvalue weighted by molar-refractivity contribution is 0.604. The molecule has 1 aliphatic rings. The molecule has 0 bridgehead atoms. The van der Waals surface area contributed by atoms with Crippen LogP contribution in [0.5, 0.6) is 0 Å². The van der Waals surface area contributed by atoms with Crippen molar-refractivity contribution >= 4 is 40.3 Å². The second-order valence-electron chi connectivity index (χ2n) is 4.64. The normalized spacial score (nSPS) is 18.3. The van der Waals surface area contributed by atoms with Crippen molar-refractivity contribution < 1.29 is 13.3 Å². The molecule has 2 aromatic rings. The second kappa shape index (κ2) is 7.08. The van der Waals surface area contributed by atoms with Crippen LogP contribution in [0.15, 0.2) is 52.8 Å². The van der Waals surface area contributed by atoms with E-state index in [0.29, 0.717) is 10.2 Å². The molecule has 1 saturated heterocycles. The third-order valence-electron chi connectivity index (χ3n) is 3.11. The van der Waals surface area contributed by atoms with Crippen molar-refractivity contribution in [3.05, 3.63) is 75.5 Å². The minimum atomic E-state index is -0.826. The number of thioether (sulfide) groups is 2. The molecule has 0 radical (unpaired) electrons. The first-order chi connectivity index (χ1) is 10.6. The fourth-order valence-corrected chi connectivity index (χ4v) is 6.85. The average molecular weight is 354 g/mol. The molecule has 0 aromatic heterocycles. The van der Waals surface area contributed by atoms with Gasteiger partial charge in [0.1, 0.15) is 11.6 Å². The molecule has 1 fully saturated rings. The van der Waals surface area contributed by atoms with E-state index in [1.807, 2.05) is 0 Å². The summed E-state index contributed by atoms with van der Waals surface area (Å²) in [7, 11) is 0. The number of benzene rings is 2. The van der Waals surface area contributed by atoms with Crippen molar-refractivity contribution in [3.63, 3.8) is 0 Å². The summed E-state index contributed by atoms with van der Waals surface area (Å²) in [6.07, 6.45) is 0. The molecule has 0 spiro atoms. The highest BCUT2D eigenvalue weighted by molar-refractivity contribution is 8.34. The highest BCUT2D eigenvalue weighted by Crippen LogP contribution is 2.43. The Bertz CT molecular complexity index is 626. The molecule has 3 rings (SSSR count). The van der Waals surface area contributed by atoms with Crippen molar-refractivity contribution in [2.24, 2.45) is 0 Å². The van der Waals surface area contributed by atoms with Crippen LogP contribution in [-0.2, 0) is 11.2 Å². The number of hydrogen-bond donors (Lipinski definition) is 0. The van der Waals surface area contributed by atoms with Crippen LogP contribution in [0.25, 0.3) is 5.57 Å². The van der Waals surface area contributed by atoms with Crippen LogP contribution in [0, 0.1) is 11.6 Å². The summed E-state index contributed by atoms with van der Waals surface area (Å²) in [5, 5.41) is 1.10. The molecule has 114 valence electrons. The first-order valence-electron chi connectivity index (χ1n) is 6.50. The highest BCUT2D eigenvalue weighted by atomic mass is 32.3. The van der Waals surface area contributed by atoms with Gasteiger partial charge in [-0.25, -0.2) is 8.78 Å². The third kappa shape index (κ3) is 3.68. The monoisotopic (exact) mass is 354 g/mol. The lowest BCUT2D eigenvalue weighted by Crippen LogP contribution is -2.11. The van der Waals surface area contributed by atoms with Gasteiger partial charge in [-0.3, -0.25) is 0 Å². The maximum atomic E-state index is 13.2. The van der Waals surface area contributed by atoms with Gasteiger partial charge < -0.3 is 4.55 Å². The van der Waals surface area contributed by atoms with E-state index in [4.69, 9.17) is 0 Å². The van der Waals surface area contributed by atoms with Crippen molar-refractivity contribution in [2.75, 3.05) is 10.2 Å². The fourth-order valence-electron chi connectivity index (χ4n) is 2.09. The standard InChI is InChI=1S/C16H12F2OS3/c17-13-5-1-11(2-6-13)15(12-3-7-14(18)8-4-12)16-20-9-22(19)10-21-16/h1-8H,9-10H2. The van der Waals surface area contributed by atoms with Crippen LogP contribution in [0.2, 0.25) is 0 Å². The topological polar surface area (TPSA) is 23.1 Å². The molecule has 1 nitrogen and oxygen atoms in total. The molecular weight excluding hydrogens is 342 g/mol. The molecular formula is C16H12F2OS3. The zero-order valence-electron chi connectivity index (χ0n) is 11.4. The summed E-state index contributed by atoms with van der Waals surface area (Å²) >= 11 is 2.24. The molecule has 22 heavy (non-hydrogen) atoms. The smallest absolute Gasteiger partial charge is 0.156 e. The Morgan fingerprint density at radius 1 is 0.818 bits per heavy atom. The summed E-state index contributed by atoms with van der Waals surface area (Å²) in [6, 6.07) is 12.5. The van der Waals surface area contributed by atoms with Gasteiger partial charge in [-0.2, -0.15) is 0 Å². The molecule has 1 aliphatic heterocycles. The zero-order chi connectivity index (χ0) is 15.5. The van der Waals surface area contributed by atoms with Crippen LogP contribution < -0.4 is 0 Å². The Labute approximate surface area is 139 Å². The van der Waals surface area contributed by atoms with Crippen molar-refractivity contribution in [1.29, 1.82) is 0 Å². The Kier molecular flexibility index (Phi) is 5.13. The Hall–Kier alpha value is -0.950. The van der Waals surface area contributed by atoms with E-state index in [2.05, 4.69) is 0 Å². The van der Waals surface area contributed by atoms with Gasteiger partial charge in [0.2, 0.25) is 0 Å². The van der Waals surface area contributed by atoms with Crippen molar-refractivity contribution in [1.82, 2.24) is 0 Å². The largest absolute Gasteiger partial charge is 0.615 e. The van der Waals surface area contributed by atoms with Gasteiger partial charge in [-0.05, 0) is 46.6 Å². The van der Waals surface area contributed by atoms with Crippen molar-refractivity contribution in [2.45, 2.75) is 0 Å². The minimum Gasteiger partial charge on any atom is -0.615 e. The van der Waals surface area contributed by atoms with Crippen LogP contribution in [0.4, 0.5) is 8.78 Å². The first kappa shape index (κ1) is 15.9. The Balaban J connectivity index is 2.07. The van der Waals surface area contributed by atoms with Gasteiger partial charge in [0, 0.05) is 5.57 Å². The molecule has 1 heterocycles. The second-order valence-corrected chi connectivity index (χ2v) is 9.06. The highest BCUT2D eigenvalue weighted by Gasteiger charge is 2.22. The minimum absolute atomic E-state index is 0.294. The van der Waals surface area contributed by atoms with E-state index in [9.17, 15) is 13.3 Å². The summed E-state index contributed by atoms with van der Waals surface area (Å²) < 4.78 is 38.9. The fraction of sp³-hybridized carbons (Fsp3) is 0.125. The molecule has 0 amide bonds. The average Bonchev–Trinajstić information content (AvgIpc) is 2.53. The maximum Gasteiger partial charge on any atom is 0.156 e. The summed E-state index contributed by atoms with van der Waals surface area (Å²) in [5.41, 5.74) is 2.68. The SMILES string of the molecule is [O-][S+]1CSC(=C(c2ccc(F)cc2)c2ccc(F)cc2)SC1. The summed E-state index contributed by atoms with van der Waals surface area (Å²) in [5.74, 6) is -0.588. The lowest BCUT2D eigenvalue weighted by Gasteiger charge is -2.21. The van der Waals surface area contributed by atoms with Crippen LogP contribution in [0.3, 0.4) is 0 Å². The van der Waals surface area contributed by atoms with E-state index >= 15 is 0 Å². The number of hydrogen-bond acceptors (Lipinski definition) is 3. The molecule has 0 unspecified atom stereocenters. The van der Waals surface area contributed by atoms with Crippen LogP contribution >= 0.6 is 23.5 Å². The van der Waals surface area contributed by atoms with Crippen molar-refractivity contribution in [3.8, 4) is 0 Å². The van der Waals surface area contributed by atoms with E-state index in [1.54, 1.807) is 24.3 Å². The number of halogens is 2. The zero-order valence-corrected chi connectivity index (χ0v) is 13.9. The summed E-state index contributed by atoms with van der Waals surface area (Å²) in [6.45, 7) is 0. The summed E-state index contributed by atoms with van der Waals surface area (Å²) in [4.78, 5) is 0. The van der Waals surface area contributed by atoms with E-state index < -0.39 is 11.2 Å². The quantitative estimate of drug-likeness (QED) is 0.722. The van der Waals surface area contributed by atoms with Gasteiger partial charge in [0.05, 0.1) is 4.24 Å². The predicted molar refractivity (Wildman–Crippen MR) is 91.9 cm³/mol. The number of rotatable bonds is 2. The van der Waals surface area contributed by atoms with Gasteiger partial charge in [0.15, 0.2) is 10.2 Å². The molecule has 6 heteroatoms. The maximum absolute atomic E-state index is 13.2. The Morgan fingerprint density at radius 3 is 1.64 bits per heavy atom. The molecule has 0 atom stereocenters. The lowest BCUT2D eigenvalue weighted by atomic mass is 9.99. The predicted octanol–water partition coefficient (Wildman–Crippen LogP) is 4.83. The third-order valence-corrected chi connectivity index (χ3v) is 7.80.